The van der Waals surface area contributed by atoms with Gasteiger partial charge in [-0.25, -0.2) is 0 Å². The average molecular weight is 188 g/mol. The van der Waals surface area contributed by atoms with Gasteiger partial charge in [0.15, 0.2) is 0 Å². The van der Waals surface area contributed by atoms with E-state index in [0.29, 0.717) is 32.6 Å². The molecule has 0 bridgehead atoms. The van der Waals surface area contributed by atoms with E-state index < -0.39 is 0 Å². The molecule has 5 heteroatoms. The number of nitrogens with zero attached hydrogens (tertiary/aromatic N) is 1. The van der Waals surface area contributed by atoms with Gasteiger partial charge in [-0.1, -0.05) is 0 Å². The van der Waals surface area contributed by atoms with Crippen molar-refractivity contribution in [1.29, 1.82) is 0 Å². The first kappa shape index (κ1) is 12.3. The molecule has 0 heterocycles. The minimum atomic E-state index is -0.106. The van der Waals surface area contributed by atoms with Crippen molar-refractivity contribution in [3.8, 4) is 0 Å². The molecule has 0 aliphatic carbocycles. The van der Waals surface area contributed by atoms with E-state index in [2.05, 4.69) is 0 Å². The van der Waals surface area contributed by atoms with Gasteiger partial charge < -0.3 is 22.1 Å². The number of hydrogen-bond donors (Lipinski definition) is 3. The Bertz CT molecular complexity index is 143. The van der Waals surface area contributed by atoms with Crippen molar-refractivity contribution in [2.75, 3.05) is 26.2 Å². The maximum atomic E-state index is 11.5. The highest BCUT2D eigenvalue weighted by molar-refractivity contribution is 5.76. The third-order valence-corrected chi connectivity index (χ3v) is 1.65. The molecule has 0 radical (unpaired) electrons. The van der Waals surface area contributed by atoms with Crippen molar-refractivity contribution in [3.63, 3.8) is 0 Å². The van der Waals surface area contributed by atoms with Crippen molar-refractivity contribution >= 4 is 5.91 Å². The summed E-state index contributed by atoms with van der Waals surface area (Å²) >= 11 is 0. The summed E-state index contributed by atoms with van der Waals surface area (Å²) in [5, 5.41) is 0. The van der Waals surface area contributed by atoms with E-state index >= 15 is 0 Å². The maximum absolute atomic E-state index is 11.5. The van der Waals surface area contributed by atoms with Crippen LogP contribution in [0.4, 0.5) is 0 Å². The monoisotopic (exact) mass is 188 g/mol. The second-order valence-electron chi connectivity index (χ2n) is 3.14. The molecule has 0 fully saturated rings. The van der Waals surface area contributed by atoms with Gasteiger partial charge >= 0.3 is 0 Å². The topological polar surface area (TPSA) is 98.4 Å². The lowest BCUT2D eigenvalue weighted by Gasteiger charge is -2.21. The van der Waals surface area contributed by atoms with Crippen molar-refractivity contribution in [3.05, 3.63) is 0 Å². The first-order valence-corrected chi connectivity index (χ1v) is 4.55. The zero-order valence-corrected chi connectivity index (χ0v) is 8.20. The van der Waals surface area contributed by atoms with Crippen molar-refractivity contribution in [2.45, 2.75) is 19.4 Å². The van der Waals surface area contributed by atoms with Crippen molar-refractivity contribution in [1.82, 2.24) is 4.90 Å². The molecular weight excluding hydrogens is 168 g/mol. The van der Waals surface area contributed by atoms with Gasteiger partial charge in [-0.2, -0.15) is 0 Å². The molecule has 0 aliphatic rings. The smallest absolute Gasteiger partial charge is 0.224 e. The lowest BCUT2D eigenvalue weighted by molar-refractivity contribution is -0.131. The summed E-state index contributed by atoms with van der Waals surface area (Å²) in [6.07, 6.45) is 0.361. The Kier molecular flexibility index (Phi) is 6.48. The maximum Gasteiger partial charge on any atom is 0.224 e. The molecule has 0 aromatic rings. The van der Waals surface area contributed by atoms with Crippen LogP contribution in [0.1, 0.15) is 13.3 Å². The number of nitrogens with two attached hydrogens (primary N) is 3. The molecule has 0 aromatic carbocycles. The van der Waals surface area contributed by atoms with Gasteiger partial charge in [0.05, 0.1) is 0 Å². The molecule has 13 heavy (non-hydrogen) atoms. The predicted molar refractivity (Wildman–Crippen MR) is 53.0 cm³/mol. The Hall–Kier alpha value is -0.650. The zero-order chi connectivity index (χ0) is 10.3. The average Bonchev–Trinajstić information content (AvgIpc) is 2.02. The van der Waals surface area contributed by atoms with E-state index in [1.807, 2.05) is 0 Å². The van der Waals surface area contributed by atoms with Crippen LogP contribution >= 0.6 is 0 Å². The number of amides is 1. The Morgan fingerprint density at radius 3 is 2.08 bits per heavy atom. The zero-order valence-electron chi connectivity index (χ0n) is 8.20. The van der Waals surface area contributed by atoms with Gasteiger partial charge in [-0.05, 0) is 6.92 Å². The van der Waals surface area contributed by atoms with Gasteiger partial charge in [0.1, 0.15) is 0 Å². The number of carbonyl (C=O) groups excluding carboxylic acids is 1. The highest BCUT2D eigenvalue weighted by Crippen LogP contribution is 1.95. The number of carbonyl (C=O) groups is 1. The summed E-state index contributed by atoms with van der Waals surface area (Å²) in [7, 11) is 0. The highest BCUT2D eigenvalue weighted by atomic mass is 16.2. The quantitative estimate of drug-likeness (QED) is 0.471. The van der Waals surface area contributed by atoms with E-state index in [9.17, 15) is 4.79 Å². The molecule has 0 spiro atoms. The molecular formula is C8H20N4O. The predicted octanol–water partition coefficient (Wildman–Crippen LogP) is -1.53. The molecule has 1 atom stereocenters. The summed E-state index contributed by atoms with van der Waals surface area (Å²) in [5.41, 5.74) is 16.2. The molecule has 1 amide bonds. The Morgan fingerprint density at radius 2 is 1.77 bits per heavy atom. The summed E-state index contributed by atoms with van der Waals surface area (Å²) in [4.78, 5) is 13.1. The van der Waals surface area contributed by atoms with Gasteiger partial charge in [-0.15, -0.1) is 0 Å². The normalized spacial score (nSPS) is 12.6. The van der Waals surface area contributed by atoms with E-state index in [0.717, 1.165) is 0 Å². The summed E-state index contributed by atoms with van der Waals surface area (Å²) in [6, 6.07) is -0.106. The van der Waals surface area contributed by atoms with Crippen molar-refractivity contribution < 1.29 is 4.79 Å². The second kappa shape index (κ2) is 6.82. The third kappa shape index (κ3) is 5.57. The lowest BCUT2D eigenvalue weighted by Crippen LogP contribution is -2.40. The van der Waals surface area contributed by atoms with Gasteiger partial charge in [-0.3, -0.25) is 4.79 Å². The van der Waals surface area contributed by atoms with Crippen LogP contribution in [-0.4, -0.2) is 43.0 Å². The summed E-state index contributed by atoms with van der Waals surface area (Å²) < 4.78 is 0. The largest absolute Gasteiger partial charge is 0.340 e. The van der Waals surface area contributed by atoms with Crippen LogP contribution < -0.4 is 17.2 Å². The second-order valence-corrected chi connectivity index (χ2v) is 3.14. The first-order chi connectivity index (χ1) is 6.11. The standard InChI is InChI=1S/C8H20N4O/c1-7(11)6-8(13)12(4-2-9)5-3-10/h7H,2-6,9-11H2,1H3/t7-/m1/s1. The van der Waals surface area contributed by atoms with Crippen LogP contribution in [0.5, 0.6) is 0 Å². The Morgan fingerprint density at radius 1 is 1.31 bits per heavy atom. The molecule has 0 rings (SSSR count). The number of hydrogen-bond acceptors (Lipinski definition) is 4. The van der Waals surface area contributed by atoms with Crippen LogP contribution in [0.2, 0.25) is 0 Å². The summed E-state index contributed by atoms with van der Waals surface area (Å²) in [6.45, 7) is 3.85. The fourth-order valence-corrected chi connectivity index (χ4v) is 1.08. The van der Waals surface area contributed by atoms with Crippen LogP contribution in [0, 0.1) is 0 Å². The van der Waals surface area contributed by atoms with E-state index in [4.69, 9.17) is 17.2 Å². The van der Waals surface area contributed by atoms with Crippen molar-refractivity contribution in [2.24, 2.45) is 17.2 Å². The van der Waals surface area contributed by atoms with Gasteiger partial charge in [0, 0.05) is 38.6 Å². The van der Waals surface area contributed by atoms with Crippen LogP contribution in [-0.2, 0) is 4.79 Å². The number of rotatable bonds is 6. The van der Waals surface area contributed by atoms with E-state index in [1.54, 1.807) is 11.8 Å². The van der Waals surface area contributed by atoms with Crippen LogP contribution in [0.3, 0.4) is 0 Å². The minimum absolute atomic E-state index is 0.0332. The fraction of sp³-hybridized carbons (Fsp3) is 0.875. The molecule has 0 saturated carbocycles. The minimum Gasteiger partial charge on any atom is -0.340 e. The molecule has 6 N–H and O–H groups in total. The van der Waals surface area contributed by atoms with E-state index in [-0.39, 0.29) is 11.9 Å². The third-order valence-electron chi connectivity index (χ3n) is 1.65. The molecule has 0 aliphatic heterocycles. The lowest BCUT2D eigenvalue weighted by atomic mass is 10.2. The Balaban J connectivity index is 3.95. The van der Waals surface area contributed by atoms with Gasteiger partial charge in [0.25, 0.3) is 0 Å². The molecule has 5 nitrogen and oxygen atoms in total. The first-order valence-electron chi connectivity index (χ1n) is 4.55. The summed E-state index contributed by atoms with van der Waals surface area (Å²) in [5.74, 6) is 0.0332. The highest BCUT2D eigenvalue weighted by Gasteiger charge is 2.12. The molecule has 0 saturated heterocycles. The molecule has 0 aromatic heterocycles. The van der Waals surface area contributed by atoms with Gasteiger partial charge in [0.2, 0.25) is 5.91 Å². The van der Waals surface area contributed by atoms with Crippen LogP contribution in [0.15, 0.2) is 0 Å². The molecule has 78 valence electrons. The Labute approximate surface area is 79.2 Å². The molecule has 0 unspecified atom stereocenters. The van der Waals surface area contributed by atoms with Crippen LogP contribution in [0.25, 0.3) is 0 Å². The SMILES string of the molecule is C[C@@H](N)CC(=O)N(CCN)CCN. The van der Waals surface area contributed by atoms with E-state index in [1.165, 1.54) is 0 Å². The fourth-order valence-electron chi connectivity index (χ4n) is 1.08.